The van der Waals surface area contributed by atoms with Gasteiger partial charge in [-0.2, -0.15) is 0 Å². The molecule has 3 nitrogen and oxygen atoms in total. The van der Waals surface area contributed by atoms with Gasteiger partial charge in [0, 0.05) is 9.90 Å². The molecule has 118 valence electrons. The van der Waals surface area contributed by atoms with Crippen LogP contribution >= 0.6 is 22.9 Å². The fraction of sp³-hybridized carbons (Fsp3) is 0.0526. The molecule has 0 radical (unpaired) electrons. The summed E-state index contributed by atoms with van der Waals surface area (Å²) >= 11 is 7.50. The van der Waals surface area contributed by atoms with E-state index in [1.807, 2.05) is 60.7 Å². The van der Waals surface area contributed by atoms with Crippen LogP contribution in [-0.2, 0) is 6.54 Å². The van der Waals surface area contributed by atoms with Gasteiger partial charge in [0.1, 0.15) is 4.70 Å². The van der Waals surface area contributed by atoms with Crippen LogP contribution in [0.4, 0.5) is 0 Å². The standard InChI is InChI=1S/C19H13ClN2OS/c20-15-8-4-5-13(9-15)11-22-12-21-16-10-17(24-18(16)19(22)23)14-6-2-1-3-7-14/h1-10,12H,11H2. The molecule has 0 atom stereocenters. The van der Waals surface area contributed by atoms with Gasteiger partial charge in [-0.1, -0.05) is 54.1 Å². The van der Waals surface area contributed by atoms with Crippen LogP contribution in [0, 0.1) is 0 Å². The maximum absolute atomic E-state index is 12.8. The smallest absolute Gasteiger partial charge is 0.271 e. The Kier molecular flexibility index (Phi) is 3.92. The monoisotopic (exact) mass is 352 g/mol. The van der Waals surface area contributed by atoms with Crippen molar-refractivity contribution in [2.45, 2.75) is 6.54 Å². The van der Waals surface area contributed by atoms with Gasteiger partial charge in [0.05, 0.1) is 18.4 Å². The minimum absolute atomic E-state index is 0.0212. The molecule has 0 unspecified atom stereocenters. The largest absolute Gasteiger partial charge is 0.294 e. The number of rotatable bonds is 3. The summed E-state index contributed by atoms with van der Waals surface area (Å²) in [6.45, 7) is 0.459. The van der Waals surface area contributed by atoms with Gasteiger partial charge in [0.25, 0.3) is 5.56 Å². The summed E-state index contributed by atoms with van der Waals surface area (Å²) in [7, 11) is 0. The van der Waals surface area contributed by atoms with Crippen LogP contribution in [0.2, 0.25) is 5.02 Å². The number of halogens is 1. The number of benzene rings is 2. The summed E-state index contributed by atoms with van der Waals surface area (Å²) in [5, 5.41) is 0.664. The van der Waals surface area contributed by atoms with E-state index in [4.69, 9.17) is 11.6 Å². The lowest BCUT2D eigenvalue weighted by atomic mass is 10.2. The van der Waals surface area contributed by atoms with Gasteiger partial charge >= 0.3 is 0 Å². The average molecular weight is 353 g/mol. The van der Waals surface area contributed by atoms with Crippen LogP contribution in [0.25, 0.3) is 20.7 Å². The zero-order valence-corrected chi connectivity index (χ0v) is 14.2. The molecule has 0 saturated carbocycles. The highest BCUT2D eigenvalue weighted by molar-refractivity contribution is 7.22. The van der Waals surface area contributed by atoms with E-state index in [1.165, 1.54) is 11.3 Å². The zero-order chi connectivity index (χ0) is 16.5. The molecule has 0 spiro atoms. The fourth-order valence-electron chi connectivity index (χ4n) is 2.63. The third kappa shape index (κ3) is 2.86. The van der Waals surface area contributed by atoms with Crippen LogP contribution in [0.15, 0.2) is 71.8 Å². The molecule has 0 aliphatic rings. The summed E-state index contributed by atoms with van der Waals surface area (Å²) in [5.74, 6) is 0. The van der Waals surface area contributed by atoms with Crippen molar-refractivity contribution in [2.24, 2.45) is 0 Å². The quantitative estimate of drug-likeness (QED) is 0.529. The van der Waals surface area contributed by atoms with Crippen LogP contribution < -0.4 is 5.56 Å². The topological polar surface area (TPSA) is 34.9 Å². The molecule has 0 amide bonds. The lowest BCUT2D eigenvalue weighted by molar-refractivity contribution is 0.750. The van der Waals surface area contributed by atoms with Gasteiger partial charge in [-0.3, -0.25) is 9.36 Å². The van der Waals surface area contributed by atoms with Gasteiger partial charge in [-0.05, 0) is 29.3 Å². The SMILES string of the molecule is O=c1c2sc(-c3ccccc3)cc2ncn1Cc1cccc(Cl)c1. The van der Waals surface area contributed by atoms with Crippen molar-refractivity contribution in [3.05, 3.63) is 87.9 Å². The van der Waals surface area contributed by atoms with Crippen LogP contribution in [0.3, 0.4) is 0 Å². The lowest BCUT2D eigenvalue weighted by Crippen LogP contribution is -2.20. The normalized spacial score (nSPS) is 11.0. The van der Waals surface area contributed by atoms with Crippen molar-refractivity contribution in [3.63, 3.8) is 0 Å². The Balaban J connectivity index is 1.76. The highest BCUT2D eigenvalue weighted by atomic mass is 35.5. The highest BCUT2D eigenvalue weighted by Gasteiger charge is 2.10. The van der Waals surface area contributed by atoms with E-state index in [0.717, 1.165) is 21.5 Å². The second-order valence-electron chi connectivity index (χ2n) is 5.50. The summed E-state index contributed by atoms with van der Waals surface area (Å²) in [6.07, 6.45) is 1.60. The fourth-order valence-corrected chi connectivity index (χ4v) is 3.91. The predicted molar refractivity (Wildman–Crippen MR) is 99.9 cm³/mol. The Bertz CT molecular complexity index is 1070. The second kappa shape index (κ2) is 6.23. The third-order valence-corrected chi connectivity index (χ3v) is 5.20. The van der Waals surface area contributed by atoms with E-state index in [1.54, 1.807) is 10.9 Å². The molecule has 2 heterocycles. The molecule has 0 bridgehead atoms. The Labute approximate surface area is 147 Å². The molecule has 0 aliphatic heterocycles. The van der Waals surface area contributed by atoms with E-state index in [-0.39, 0.29) is 5.56 Å². The summed E-state index contributed by atoms with van der Waals surface area (Å²) in [4.78, 5) is 18.3. The Morgan fingerprint density at radius 3 is 2.67 bits per heavy atom. The molecular formula is C19H13ClN2OS. The van der Waals surface area contributed by atoms with Crippen molar-refractivity contribution >= 4 is 33.2 Å². The first-order valence-electron chi connectivity index (χ1n) is 7.49. The van der Waals surface area contributed by atoms with Crippen LogP contribution in [-0.4, -0.2) is 9.55 Å². The predicted octanol–water partition coefficient (Wildman–Crippen LogP) is 4.83. The molecule has 5 heteroatoms. The second-order valence-corrected chi connectivity index (χ2v) is 6.99. The van der Waals surface area contributed by atoms with Crippen LogP contribution in [0.1, 0.15) is 5.56 Å². The maximum atomic E-state index is 12.8. The minimum atomic E-state index is -0.0212. The Hall–Kier alpha value is -2.43. The lowest BCUT2D eigenvalue weighted by Gasteiger charge is -2.05. The molecule has 2 aromatic carbocycles. The van der Waals surface area contributed by atoms with E-state index in [9.17, 15) is 4.79 Å². The molecule has 0 aliphatic carbocycles. The van der Waals surface area contributed by atoms with E-state index in [0.29, 0.717) is 16.3 Å². The highest BCUT2D eigenvalue weighted by Crippen LogP contribution is 2.30. The maximum Gasteiger partial charge on any atom is 0.271 e. The zero-order valence-electron chi connectivity index (χ0n) is 12.6. The van der Waals surface area contributed by atoms with Gasteiger partial charge in [-0.25, -0.2) is 4.98 Å². The number of aromatic nitrogens is 2. The van der Waals surface area contributed by atoms with E-state index >= 15 is 0 Å². The molecule has 0 fully saturated rings. The van der Waals surface area contributed by atoms with Gasteiger partial charge < -0.3 is 0 Å². The Morgan fingerprint density at radius 2 is 1.88 bits per heavy atom. The number of hydrogen-bond donors (Lipinski definition) is 0. The first kappa shape index (κ1) is 15.1. The van der Waals surface area contributed by atoms with Crippen molar-refractivity contribution in [3.8, 4) is 10.4 Å². The van der Waals surface area contributed by atoms with Gasteiger partial charge in [0.2, 0.25) is 0 Å². The summed E-state index contributed by atoms with van der Waals surface area (Å²) in [5.41, 5.74) is 2.80. The Morgan fingerprint density at radius 1 is 1.04 bits per heavy atom. The third-order valence-electron chi connectivity index (χ3n) is 3.80. The number of thiophene rings is 1. The number of hydrogen-bond acceptors (Lipinski definition) is 3. The first-order chi connectivity index (χ1) is 11.7. The van der Waals surface area contributed by atoms with Crippen LogP contribution in [0.5, 0.6) is 0 Å². The molecule has 2 aromatic heterocycles. The summed E-state index contributed by atoms with van der Waals surface area (Å²) in [6, 6.07) is 19.5. The van der Waals surface area contributed by atoms with E-state index < -0.39 is 0 Å². The van der Waals surface area contributed by atoms with Crippen molar-refractivity contribution in [1.82, 2.24) is 9.55 Å². The minimum Gasteiger partial charge on any atom is -0.294 e. The number of nitrogens with zero attached hydrogens (tertiary/aromatic N) is 2. The molecule has 0 saturated heterocycles. The van der Waals surface area contributed by atoms with Crippen molar-refractivity contribution in [2.75, 3.05) is 0 Å². The number of fused-ring (bicyclic) bond motifs is 1. The van der Waals surface area contributed by atoms with Gasteiger partial charge in [-0.15, -0.1) is 11.3 Å². The molecule has 4 rings (SSSR count). The molecular weight excluding hydrogens is 340 g/mol. The van der Waals surface area contributed by atoms with Gasteiger partial charge in [0.15, 0.2) is 0 Å². The first-order valence-corrected chi connectivity index (χ1v) is 8.69. The van der Waals surface area contributed by atoms with Crippen molar-refractivity contribution in [1.29, 1.82) is 0 Å². The average Bonchev–Trinajstić information content (AvgIpc) is 3.03. The summed E-state index contributed by atoms with van der Waals surface area (Å²) < 4.78 is 2.30. The van der Waals surface area contributed by atoms with E-state index in [2.05, 4.69) is 4.98 Å². The molecule has 4 aromatic rings. The molecule has 0 N–H and O–H groups in total. The van der Waals surface area contributed by atoms with Crippen molar-refractivity contribution < 1.29 is 0 Å². The molecule has 24 heavy (non-hydrogen) atoms.